The van der Waals surface area contributed by atoms with Crippen molar-refractivity contribution in [3.8, 4) is 5.88 Å². The number of anilines is 2. The second-order valence-corrected chi connectivity index (χ2v) is 5.63. The smallest absolute Gasteiger partial charge is 0.239 e. The second kappa shape index (κ2) is 6.13. The van der Waals surface area contributed by atoms with Gasteiger partial charge in [-0.05, 0) is 38.8 Å². The van der Waals surface area contributed by atoms with E-state index in [9.17, 15) is 0 Å². The topological polar surface area (TPSA) is 51.4 Å². The Morgan fingerprint density at radius 2 is 1.95 bits per heavy atom. The predicted molar refractivity (Wildman–Crippen MR) is 79.7 cm³/mol. The van der Waals surface area contributed by atoms with Gasteiger partial charge in [0, 0.05) is 13.1 Å². The maximum atomic E-state index is 5.91. The molecule has 1 aliphatic carbocycles. The SMILES string of the molecule is CC(C)Oc1nc(N(C)C2CCCCC2)ccc1N. The molecule has 0 aliphatic heterocycles. The molecule has 106 valence electrons. The van der Waals surface area contributed by atoms with Crippen LogP contribution >= 0.6 is 0 Å². The Morgan fingerprint density at radius 1 is 1.26 bits per heavy atom. The van der Waals surface area contributed by atoms with Crippen molar-refractivity contribution in [2.24, 2.45) is 0 Å². The van der Waals surface area contributed by atoms with E-state index in [0.29, 0.717) is 17.6 Å². The number of nitrogen functional groups attached to an aromatic ring is 1. The lowest BCUT2D eigenvalue weighted by atomic mass is 9.94. The first-order valence-electron chi connectivity index (χ1n) is 7.24. The fourth-order valence-electron chi connectivity index (χ4n) is 2.61. The van der Waals surface area contributed by atoms with Crippen molar-refractivity contribution in [3.05, 3.63) is 12.1 Å². The van der Waals surface area contributed by atoms with Gasteiger partial charge in [0.2, 0.25) is 5.88 Å². The Hall–Kier alpha value is -1.45. The molecule has 0 radical (unpaired) electrons. The van der Waals surface area contributed by atoms with Crippen LogP contribution in [0.5, 0.6) is 5.88 Å². The van der Waals surface area contributed by atoms with Crippen LogP contribution in [-0.2, 0) is 0 Å². The molecule has 0 unspecified atom stereocenters. The molecule has 1 aliphatic rings. The summed E-state index contributed by atoms with van der Waals surface area (Å²) in [5, 5.41) is 0. The Bertz CT molecular complexity index is 414. The summed E-state index contributed by atoms with van der Waals surface area (Å²) >= 11 is 0. The molecule has 0 aromatic carbocycles. The van der Waals surface area contributed by atoms with E-state index in [2.05, 4.69) is 16.9 Å². The maximum Gasteiger partial charge on any atom is 0.239 e. The summed E-state index contributed by atoms with van der Waals surface area (Å²) in [6, 6.07) is 4.47. The highest BCUT2D eigenvalue weighted by Gasteiger charge is 2.20. The lowest BCUT2D eigenvalue weighted by molar-refractivity contribution is 0.234. The fraction of sp³-hybridized carbons (Fsp3) is 0.667. The number of nitrogens with two attached hydrogens (primary N) is 1. The van der Waals surface area contributed by atoms with Crippen LogP contribution in [0.3, 0.4) is 0 Å². The van der Waals surface area contributed by atoms with Gasteiger partial charge < -0.3 is 15.4 Å². The van der Waals surface area contributed by atoms with Gasteiger partial charge in [0.15, 0.2) is 0 Å². The Balaban J connectivity index is 2.14. The highest BCUT2D eigenvalue weighted by Crippen LogP contribution is 2.28. The predicted octanol–water partition coefficient (Wildman–Crippen LogP) is 3.22. The minimum Gasteiger partial charge on any atom is -0.473 e. The van der Waals surface area contributed by atoms with Crippen LogP contribution in [0.2, 0.25) is 0 Å². The Labute approximate surface area is 116 Å². The normalized spacial score (nSPS) is 16.6. The van der Waals surface area contributed by atoms with E-state index >= 15 is 0 Å². The van der Waals surface area contributed by atoms with Gasteiger partial charge in [-0.2, -0.15) is 4.98 Å². The van der Waals surface area contributed by atoms with Crippen LogP contribution in [0.1, 0.15) is 46.0 Å². The summed E-state index contributed by atoms with van der Waals surface area (Å²) in [7, 11) is 2.12. The first kappa shape index (κ1) is 14.0. The summed E-state index contributed by atoms with van der Waals surface area (Å²) < 4.78 is 5.66. The van der Waals surface area contributed by atoms with Crippen molar-refractivity contribution in [1.29, 1.82) is 0 Å². The molecule has 4 nitrogen and oxygen atoms in total. The minimum absolute atomic E-state index is 0.0880. The molecule has 2 N–H and O–H groups in total. The summed E-state index contributed by atoms with van der Waals surface area (Å²) in [5.74, 6) is 1.51. The van der Waals surface area contributed by atoms with Crippen molar-refractivity contribution in [1.82, 2.24) is 4.98 Å². The van der Waals surface area contributed by atoms with Gasteiger partial charge in [-0.3, -0.25) is 0 Å². The van der Waals surface area contributed by atoms with Gasteiger partial charge in [-0.25, -0.2) is 0 Å². The van der Waals surface area contributed by atoms with Gasteiger partial charge in [0.1, 0.15) is 5.82 Å². The van der Waals surface area contributed by atoms with Crippen molar-refractivity contribution in [2.45, 2.75) is 58.1 Å². The fourth-order valence-corrected chi connectivity index (χ4v) is 2.61. The number of hydrogen-bond donors (Lipinski definition) is 1. The molecular formula is C15H25N3O. The third kappa shape index (κ3) is 3.52. The highest BCUT2D eigenvalue weighted by molar-refractivity contribution is 5.54. The highest BCUT2D eigenvalue weighted by atomic mass is 16.5. The molecule has 1 heterocycles. The molecule has 0 amide bonds. The number of nitrogens with zero attached hydrogens (tertiary/aromatic N) is 2. The van der Waals surface area contributed by atoms with Crippen molar-refractivity contribution in [2.75, 3.05) is 17.7 Å². The molecular weight excluding hydrogens is 238 g/mol. The molecule has 19 heavy (non-hydrogen) atoms. The molecule has 1 fully saturated rings. The summed E-state index contributed by atoms with van der Waals surface area (Å²) in [4.78, 5) is 6.84. The van der Waals surface area contributed by atoms with E-state index in [-0.39, 0.29) is 6.10 Å². The largest absolute Gasteiger partial charge is 0.473 e. The number of rotatable bonds is 4. The van der Waals surface area contributed by atoms with Crippen molar-refractivity contribution >= 4 is 11.5 Å². The van der Waals surface area contributed by atoms with Gasteiger partial charge in [-0.15, -0.1) is 0 Å². The van der Waals surface area contributed by atoms with E-state index in [1.54, 1.807) is 0 Å². The van der Waals surface area contributed by atoms with Gasteiger partial charge in [-0.1, -0.05) is 19.3 Å². The van der Waals surface area contributed by atoms with Crippen molar-refractivity contribution in [3.63, 3.8) is 0 Å². The molecule has 0 atom stereocenters. The number of aromatic nitrogens is 1. The average molecular weight is 263 g/mol. The molecule has 1 aromatic rings. The molecule has 1 saturated carbocycles. The summed E-state index contributed by atoms with van der Waals surface area (Å²) in [6.45, 7) is 3.97. The van der Waals surface area contributed by atoms with Crippen LogP contribution in [0.25, 0.3) is 0 Å². The quantitative estimate of drug-likeness (QED) is 0.906. The third-order valence-corrected chi connectivity index (χ3v) is 3.71. The standard InChI is InChI=1S/C15H25N3O/c1-11(2)19-15-13(16)9-10-14(17-15)18(3)12-7-5-4-6-8-12/h9-12H,4-8,16H2,1-3H3. The zero-order valence-corrected chi connectivity index (χ0v) is 12.2. The molecule has 4 heteroatoms. The van der Waals surface area contributed by atoms with Crippen molar-refractivity contribution < 1.29 is 4.74 Å². The maximum absolute atomic E-state index is 5.91. The number of ether oxygens (including phenoxy) is 1. The van der Waals surface area contributed by atoms with Gasteiger partial charge in [0.25, 0.3) is 0 Å². The average Bonchev–Trinajstić information content (AvgIpc) is 2.41. The van der Waals surface area contributed by atoms with E-state index in [0.717, 1.165) is 5.82 Å². The molecule has 0 saturated heterocycles. The lowest BCUT2D eigenvalue weighted by Crippen LogP contribution is -2.34. The molecule has 1 aromatic heterocycles. The third-order valence-electron chi connectivity index (χ3n) is 3.71. The second-order valence-electron chi connectivity index (χ2n) is 5.63. The Kier molecular flexibility index (Phi) is 4.51. The zero-order chi connectivity index (χ0) is 13.8. The van der Waals surface area contributed by atoms with Crippen LogP contribution in [-0.4, -0.2) is 24.2 Å². The van der Waals surface area contributed by atoms with Crippen LogP contribution in [0.15, 0.2) is 12.1 Å². The Morgan fingerprint density at radius 3 is 2.58 bits per heavy atom. The van der Waals surface area contributed by atoms with E-state index < -0.39 is 0 Å². The van der Waals surface area contributed by atoms with Crippen LogP contribution in [0, 0.1) is 0 Å². The molecule has 0 spiro atoms. The summed E-state index contributed by atoms with van der Waals surface area (Å²) in [6.07, 6.45) is 6.59. The van der Waals surface area contributed by atoms with E-state index in [1.807, 2.05) is 26.0 Å². The lowest BCUT2D eigenvalue weighted by Gasteiger charge is -2.32. The molecule has 2 rings (SSSR count). The molecule has 0 bridgehead atoms. The minimum atomic E-state index is 0.0880. The zero-order valence-electron chi connectivity index (χ0n) is 12.2. The van der Waals surface area contributed by atoms with Crippen LogP contribution in [0.4, 0.5) is 11.5 Å². The summed E-state index contributed by atoms with van der Waals surface area (Å²) in [5.41, 5.74) is 6.52. The number of hydrogen-bond acceptors (Lipinski definition) is 4. The van der Waals surface area contributed by atoms with Gasteiger partial charge in [0.05, 0.1) is 11.8 Å². The monoisotopic (exact) mass is 263 g/mol. The van der Waals surface area contributed by atoms with Gasteiger partial charge >= 0.3 is 0 Å². The first-order chi connectivity index (χ1) is 9.08. The van der Waals surface area contributed by atoms with E-state index in [1.165, 1.54) is 32.1 Å². The van der Waals surface area contributed by atoms with E-state index in [4.69, 9.17) is 10.5 Å². The first-order valence-corrected chi connectivity index (χ1v) is 7.24. The number of pyridine rings is 1. The van der Waals surface area contributed by atoms with Crippen LogP contribution < -0.4 is 15.4 Å².